The van der Waals surface area contributed by atoms with Gasteiger partial charge in [-0.05, 0) is 26.0 Å². The maximum Gasteiger partial charge on any atom is 0.269 e. The van der Waals surface area contributed by atoms with Gasteiger partial charge in [0.15, 0.2) is 0 Å². The van der Waals surface area contributed by atoms with Crippen molar-refractivity contribution in [2.24, 2.45) is 0 Å². The topological polar surface area (TPSA) is 42.0 Å². The Hall–Kier alpha value is -1.38. The van der Waals surface area contributed by atoms with E-state index in [2.05, 4.69) is 10.3 Å². The predicted octanol–water partition coefficient (Wildman–Crippen LogP) is 2.17. The number of pyridine rings is 1. The van der Waals surface area contributed by atoms with E-state index < -0.39 is 0 Å². The predicted molar refractivity (Wildman–Crippen MR) is 58.3 cm³/mol. The van der Waals surface area contributed by atoms with Crippen LogP contribution in [0.2, 0.25) is 0 Å². The SMILES string of the molecule is CC.CCNC(=O)c1cccc(C)n1. The molecule has 3 nitrogen and oxygen atoms in total. The second-order valence-electron chi connectivity index (χ2n) is 2.52. The first kappa shape index (κ1) is 12.6. The zero-order chi connectivity index (χ0) is 11.0. The number of amides is 1. The van der Waals surface area contributed by atoms with Crippen LogP contribution in [0, 0.1) is 6.92 Å². The summed E-state index contributed by atoms with van der Waals surface area (Å²) in [5, 5.41) is 2.69. The van der Waals surface area contributed by atoms with Crippen LogP contribution in [0.15, 0.2) is 18.2 Å². The molecular weight excluding hydrogens is 176 g/mol. The highest BCUT2D eigenvalue weighted by Crippen LogP contribution is 1.97. The first-order chi connectivity index (χ1) is 6.74. The van der Waals surface area contributed by atoms with E-state index in [1.54, 1.807) is 6.07 Å². The maximum absolute atomic E-state index is 11.2. The van der Waals surface area contributed by atoms with Gasteiger partial charge in [-0.2, -0.15) is 0 Å². The average molecular weight is 194 g/mol. The number of carbonyl (C=O) groups excluding carboxylic acids is 1. The normalized spacial score (nSPS) is 8.57. The molecule has 0 saturated heterocycles. The summed E-state index contributed by atoms with van der Waals surface area (Å²) < 4.78 is 0. The van der Waals surface area contributed by atoms with Crippen LogP contribution in [0.25, 0.3) is 0 Å². The molecule has 1 aromatic heterocycles. The van der Waals surface area contributed by atoms with Gasteiger partial charge < -0.3 is 5.32 Å². The van der Waals surface area contributed by atoms with Crippen LogP contribution in [-0.2, 0) is 0 Å². The zero-order valence-corrected chi connectivity index (χ0v) is 9.29. The molecule has 0 bridgehead atoms. The van der Waals surface area contributed by atoms with Crippen LogP contribution in [0.4, 0.5) is 0 Å². The summed E-state index contributed by atoms with van der Waals surface area (Å²) in [6, 6.07) is 5.40. The Morgan fingerprint density at radius 3 is 2.57 bits per heavy atom. The van der Waals surface area contributed by atoms with Crippen LogP contribution in [0.5, 0.6) is 0 Å². The van der Waals surface area contributed by atoms with Crippen molar-refractivity contribution in [3.05, 3.63) is 29.6 Å². The van der Waals surface area contributed by atoms with Crippen molar-refractivity contribution in [3.8, 4) is 0 Å². The molecule has 1 aromatic rings. The van der Waals surface area contributed by atoms with E-state index >= 15 is 0 Å². The van der Waals surface area contributed by atoms with Gasteiger partial charge in [-0.25, -0.2) is 4.98 Å². The lowest BCUT2D eigenvalue weighted by molar-refractivity contribution is 0.0950. The minimum Gasteiger partial charge on any atom is -0.351 e. The minimum absolute atomic E-state index is 0.110. The summed E-state index contributed by atoms with van der Waals surface area (Å²) in [6.45, 7) is 8.38. The van der Waals surface area contributed by atoms with Crippen molar-refractivity contribution in [1.82, 2.24) is 10.3 Å². The standard InChI is InChI=1S/C9H12N2O.C2H6/c1-3-10-9(12)8-6-4-5-7(2)11-8;1-2/h4-6H,3H2,1-2H3,(H,10,12);1-2H3. The van der Waals surface area contributed by atoms with E-state index in [1.165, 1.54) is 0 Å². The van der Waals surface area contributed by atoms with E-state index in [1.807, 2.05) is 39.8 Å². The number of carbonyl (C=O) groups is 1. The molecule has 1 heterocycles. The van der Waals surface area contributed by atoms with Crippen LogP contribution in [0.1, 0.15) is 37.0 Å². The fourth-order valence-electron chi connectivity index (χ4n) is 0.921. The van der Waals surface area contributed by atoms with Gasteiger partial charge in [0.05, 0.1) is 0 Å². The number of aryl methyl sites for hydroxylation is 1. The molecule has 14 heavy (non-hydrogen) atoms. The van der Waals surface area contributed by atoms with E-state index in [0.29, 0.717) is 12.2 Å². The quantitative estimate of drug-likeness (QED) is 0.784. The highest BCUT2D eigenvalue weighted by Gasteiger charge is 2.03. The molecule has 78 valence electrons. The Morgan fingerprint density at radius 2 is 2.07 bits per heavy atom. The van der Waals surface area contributed by atoms with Crippen molar-refractivity contribution in [3.63, 3.8) is 0 Å². The summed E-state index contributed by atoms with van der Waals surface area (Å²) in [5.41, 5.74) is 1.34. The summed E-state index contributed by atoms with van der Waals surface area (Å²) in [4.78, 5) is 15.3. The number of rotatable bonds is 2. The van der Waals surface area contributed by atoms with E-state index in [-0.39, 0.29) is 5.91 Å². The van der Waals surface area contributed by atoms with Gasteiger partial charge in [0.25, 0.3) is 5.91 Å². The van der Waals surface area contributed by atoms with Gasteiger partial charge >= 0.3 is 0 Å². The molecule has 0 aromatic carbocycles. The Bertz CT molecular complexity index is 284. The Balaban J connectivity index is 0.000000791. The highest BCUT2D eigenvalue weighted by molar-refractivity contribution is 5.92. The van der Waals surface area contributed by atoms with Crippen molar-refractivity contribution >= 4 is 5.91 Å². The Labute approximate surface area is 85.6 Å². The van der Waals surface area contributed by atoms with Crippen LogP contribution < -0.4 is 5.32 Å². The van der Waals surface area contributed by atoms with Gasteiger partial charge in [0, 0.05) is 12.2 Å². The van der Waals surface area contributed by atoms with Gasteiger partial charge in [-0.15, -0.1) is 0 Å². The van der Waals surface area contributed by atoms with Crippen molar-refractivity contribution in [2.75, 3.05) is 6.54 Å². The molecule has 1 rings (SSSR count). The maximum atomic E-state index is 11.2. The molecule has 0 fully saturated rings. The third-order valence-corrected chi connectivity index (χ3v) is 1.46. The lowest BCUT2D eigenvalue weighted by Gasteiger charge is -2.00. The lowest BCUT2D eigenvalue weighted by atomic mass is 10.3. The van der Waals surface area contributed by atoms with Gasteiger partial charge in [0.2, 0.25) is 0 Å². The average Bonchev–Trinajstić information content (AvgIpc) is 2.21. The van der Waals surface area contributed by atoms with E-state index in [4.69, 9.17) is 0 Å². The third kappa shape index (κ3) is 4.03. The first-order valence-electron chi connectivity index (χ1n) is 4.96. The van der Waals surface area contributed by atoms with Gasteiger partial charge in [-0.3, -0.25) is 4.79 Å². The Kier molecular flexibility index (Phi) is 6.37. The second kappa shape index (κ2) is 7.06. The third-order valence-electron chi connectivity index (χ3n) is 1.46. The number of hydrogen-bond acceptors (Lipinski definition) is 2. The highest BCUT2D eigenvalue weighted by atomic mass is 16.1. The van der Waals surface area contributed by atoms with Crippen molar-refractivity contribution < 1.29 is 4.79 Å². The fourth-order valence-corrected chi connectivity index (χ4v) is 0.921. The lowest BCUT2D eigenvalue weighted by Crippen LogP contribution is -2.23. The van der Waals surface area contributed by atoms with Crippen molar-refractivity contribution in [2.45, 2.75) is 27.7 Å². The van der Waals surface area contributed by atoms with Crippen LogP contribution in [0.3, 0.4) is 0 Å². The number of nitrogens with one attached hydrogen (secondary N) is 1. The Morgan fingerprint density at radius 1 is 1.43 bits per heavy atom. The summed E-state index contributed by atoms with van der Waals surface area (Å²) in [7, 11) is 0. The molecule has 0 unspecified atom stereocenters. The number of hydrogen-bond donors (Lipinski definition) is 1. The molecule has 0 saturated carbocycles. The molecule has 0 aliphatic carbocycles. The molecule has 0 spiro atoms. The summed E-state index contributed by atoms with van der Waals surface area (Å²) in [5.74, 6) is -0.110. The summed E-state index contributed by atoms with van der Waals surface area (Å²) in [6.07, 6.45) is 0. The summed E-state index contributed by atoms with van der Waals surface area (Å²) >= 11 is 0. The van der Waals surface area contributed by atoms with Crippen molar-refractivity contribution in [1.29, 1.82) is 0 Å². The second-order valence-corrected chi connectivity index (χ2v) is 2.52. The molecule has 1 N–H and O–H groups in total. The van der Waals surface area contributed by atoms with Crippen LogP contribution >= 0.6 is 0 Å². The van der Waals surface area contributed by atoms with Gasteiger partial charge in [-0.1, -0.05) is 19.9 Å². The molecule has 0 radical (unpaired) electrons. The molecule has 1 amide bonds. The zero-order valence-electron chi connectivity index (χ0n) is 9.29. The fraction of sp³-hybridized carbons (Fsp3) is 0.455. The number of nitrogens with zero attached hydrogens (tertiary/aromatic N) is 1. The molecule has 0 aliphatic rings. The molecule has 0 aliphatic heterocycles. The van der Waals surface area contributed by atoms with Gasteiger partial charge in [0.1, 0.15) is 5.69 Å². The monoisotopic (exact) mass is 194 g/mol. The van der Waals surface area contributed by atoms with Crippen LogP contribution in [-0.4, -0.2) is 17.4 Å². The van der Waals surface area contributed by atoms with E-state index in [0.717, 1.165) is 5.69 Å². The molecular formula is C11H18N2O. The number of aromatic nitrogens is 1. The molecule has 0 atom stereocenters. The largest absolute Gasteiger partial charge is 0.351 e. The molecule has 3 heteroatoms. The smallest absolute Gasteiger partial charge is 0.269 e. The van der Waals surface area contributed by atoms with E-state index in [9.17, 15) is 4.79 Å². The first-order valence-corrected chi connectivity index (χ1v) is 4.96. The minimum atomic E-state index is -0.110.